The van der Waals surface area contributed by atoms with Crippen molar-refractivity contribution in [3.8, 4) is 23.0 Å². The third-order valence-corrected chi connectivity index (χ3v) is 3.80. The zero-order valence-corrected chi connectivity index (χ0v) is 15.4. The van der Waals surface area contributed by atoms with E-state index in [0.29, 0.717) is 16.5 Å². The minimum Gasteiger partial charge on any atom is -0.453 e. The molecule has 0 amide bonds. The molecule has 0 aliphatic heterocycles. The van der Waals surface area contributed by atoms with Crippen molar-refractivity contribution in [1.82, 2.24) is 0 Å². The summed E-state index contributed by atoms with van der Waals surface area (Å²) < 4.78 is 21.3. The maximum absolute atomic E-state index is 12.2. The van der Waals surface area contributed by atoms with Crippen LogP contribution in [-0.4, -0.2) is 19.2 Å². The Morgan fingerprint density at radius 2 is 1.50 bits per heavy atom. The molecule has 0 unspecified atom stereocenters. The van der Waals surface area contributed by atoms with Gasteiger partial charge in [-0.1, -0.05) is 49.0 Å². The Hall–Kier alpha value is -3.80. The second-order valence-corrected chi connectivity index (χ2v) is 5.89. The molecule has 28 heavy (non-hydrogen) atoms. The molecule has 0 aliphatic carbocycles. The summed E-state index contributed by atoms with van der Waals surface area (Å²) in [5, 5.41) is 1.09. The molecule has 3 rings (SSSR count). The van der Waals surface area contributed by atoms with Crippen LogP contribution in [-0.2, 0) is 9.53 Å². The van der Waals surface area contributed by atoms with E-state index < -0.39 is 12.1 Å². The van der Waals surface area contributed by atoms with Crippen LogP contribution >= 0.6 is 0 Å². The van der Waals surface area contributed by atoms with Gasteiger partial charge in [-0.05, 0) is 19.1 Å². The normalized spacial score (nSPS) is 10.2. The van der Waals surface area contributed by atoms with Gasteiger partial charge < -0.3 is 18.9 Å². The lowest BCUT2D eigenvalue weighted by Gasteiger charge is -2.16. The Morgan fingerprint density at radius 1 is 0.857 bits per heavy atom. The maximum Gasteiger partial charge on any atom is 0.513 e. The van der Waals surface area contributed by atoms with E-state index in [1.165, 1.54) is 13.2 Å². The minimum atomic E-state index is -0.873. The topological polar surface area (TPSA) is 71.1 Å². The number of para-hydroxylation sites is 1. The predicted octanol–water partition coefficient (Wildman–Crippen LogP) is 5.26. The zero-order valence-electron chi connectivity index (χ0n) is 15.4. The van der Waals surface area contributed by atoms with Gasteiger partial charge in [0.15, 0.2) is 11.5 Å². The van der Waals surface area contributed by atoms with E-state index in [1.807, 2.05) is 18.2 Å². The first-order chi connectivity index (χ1) is 13.5. The lowest BCUT2D eigenvalue weighted by Crippen LogP contribution is -2.11. The number of benzene rings is 3. The van der Waals surface area contributed by atoms with E-state index in [1.54, 1.807) is 43.3 Å². The Bertz CT molecular complexity index is 1040. The molecule has 0 bridgehead atoms. The van der Waals surface area contributed by atoms with Crippen molar-refractivity contribution in [1.29, 1.82) is 0 Å². The van der Waals surface area contributed by atoms with Crippen LogP contribution < -0.4 is 14.2 Å². The molecule has 3 aromatic rings. The van der Waals surface area contributed by atoms with Gasteiger partial charge in [0.1, 0.15) is 11.5 Å². The molecule has 6 nitrogen and oxygen atoms in total. The highest BCUT2D eigenvalue weighted by Gasteiger charge is 2.21. The molecule has 0 spiro atoms. The van der Waals surface area contributed by atoms with Gasteiger partial charge in [0.25, 0.3) is 0 Å². The Balaban J connectivity index is 2.19. The number of hydrogen-bond donors (Lipinski definition) is 0. The summed E-state index contributed by atoms with van der Waals surface area (Å²) in [6.45, 7) is 5.16. The largest absolute Gasteiger partial charge is 0.513 e. The number of carbonyl (C=O) groups excluding carboxylic acids is 2. The standard InChI is InChI=1S/C22H18O6/c1-14(2)21(23)28-20-17-12-8-7-11-16(17)18(27-22(24)25-3)13-19(20)26-15-9-5-4-6-10-15/h4-13H,1H2,2-3H3. The average molecular weight is 378 g/mol. The van der Waals surface area contributed by atoms with E-state index in [4.69, 9.17) is 14.2 Å². The number of rotatable bonds is 5. The quantitative estimate of drug-likeness (QED) is 0.261. The first-order valence-corrected chi connectivity index (χ1v) is 8.41. The number of carbonyl (C=O) groups is 2. The molecule has 0 saturated carbocycles. The SMILES string of the molecule is C=C(C)C(=O)Oc1c(Oc2ccccc2)cc(OC(=O)OC)c2ccccc12. The van der Waals surface area contributed by atoms with Gasteiger partial charge in [0.05, 0.1) is 7.11 Å². The summed E-state index contributed by atoms with van der Waals surface area (Å²) in [6.07, 6.45) is -0.873. The van der Waals surface area contributed by atoms with Crippen molar-refractivity contribution in [3.05, 3.63) is 72.8 Å². The average Bonchev–Trinajstić information content (AvgIpc) is 2.71. The maximum atomic E-state index is 12.2. The van der Waals surface area contributed by atoms with Gasteiger partial charge in [-0.3, -0.25) is 0 Å². The first-order valence-electron chi connectivity index (χ1n) is 8.41. The number of methoxy groups -OCH3 is 1. The van der Waals surface area contributed by atoms with Crippen LogP contribution in [0.25, 0.3) is 10.8 Å². The Labute approximate surface area is 161 Å². The van der Waals surface area contributed by atoms with Crippen LogP contribution in [0, 0.1) is 0 Å². The van der Waals surface area contributed by atoms with E-state index in [2.05, 4.69) is 11.3 Å². The Kier molecular flexibility index (Phi) is 5.60. The van der Waals surface area contributed by atoms with Crippen molar-refractivity contribution in [2.45, 2.75) is 6.92 Å². The van der Waals surface area contributed by atoms with E-state index in [-0.39, 0.29) is 22.8 Å². The zero-order chi connectivity index (χ0) is 20.1. The van der Waals surface area contributed by atoms with Crippen LogP contribution in [0.15, 0.2) is 72.8 Å². The molecule has 0 aromatic heterocycles. The predicted molar refractivity (Wildman–Crippen MR) is 104 cm³/mol. The third kappa shape index (κ3) is 4.12. The second-order valence-electron chi connectivity index (χ2n) is 5.89. The first kappa shape index (κ1) is 19.0. The lowest BCUT2D eigenvalue weighted by molar-refractivity contribution is -0.130. The van der Waals surface area contributed by atoms with Crippen LogP contribution in [0.4, 0.5) is 4.79 Å². The summed E-state index contributed by atoms with van der Waals surface area (Å²) in [5.41, 5.74) is 0.240. The van der Waals surface area contributed by atoms with Crippen molar-refractivity contribution in [3.63, 3.8) is 0 Å². The lowest BCUT2D eigenvalue weighted by atomic mass is 10.1. The van der Waals surface area contributed by atoms with Crippen molar-refractivity contribution in [2.24, 2.45) is 0 Å². The summed E-state index contributed by atoms with van der Waals surface area (Å²) in [4.78, 5) is 23.9. The fraction of sp³-hybridized carbons (Fsp3) is 0.0909. The van der Waals surface area contributed by atoms with Gasteiger partial charge in [-0.15, -0.1) is 0 Å². The molecule has 0 saturated heterocycles. The summed E-state index contributed by atoms with van der Waals surface area (Å²) >= 11 is 0. The van der Waals surface area contributed by atoms with Crippen LogP contribution in [0.2, 0.25) is 0 Å². The molecule has 0 fully saturated rings. The van der Waals surface area contributed by atoms with Gasteiger partial charge in [0.2, 0.25) is 0 Å². The van der Waals surface area contributed by atoms with Gasteiger partial charge >= 0.3 is 12.1 Å². The van der Waals surface area contributed by atoms with Crippen LogP contribution in [0.1, 0.15) is 6.92 Å². The molecular weight excluding hydrogens is 360 g/mol. The van der Waals surface area contributed by atoms with Crippen LogP contribution in [0.3, 0.4) is 0 Å². The molecule has 0 aliphatic rings. The number of esters is 1. The minimum absolute atomic E-state index is 0.199. The fourth-order valence-electron chi connectivity index (χ4n) is 2.48. The number of hydrogen-bond acceptors (Lipinski definition) is 6. The van der Waals surface area contributed by atoms with E-state index in [9.17, 15) is 9.59 Å². The summed E-state index contributed by atoms with van der Waals surface area (Å²) in [5.74, 6) is 0.547. The van der Waals surface area contributed by atoms with Crippen molar-refractivity contribution in [2.75, 3.05) is 7.11 Å². The highest BCUT2D eigenvalue weighted by molar-refractivity contribution is 5.99. The van der Waals surface area contributed by atoms with Gasteiger partial charge in [-0.2, -0.15) is 0 Å². The number of fused-ring (bicyclic) bond motifs is 1. The molecule has 142 valence electrons. The monoisotopic (exact) mass is 378 g/mol. The molecule has 3 aromatic carbocycles. The van der Waals surface area contributed by atoms with Crippen molar-refractivity contribution >= 4 is 22.9 Å². The van der Waals surface area contributed by atoms with Gasteiger partial charge in [0, 0.05) is 22.4 Å². The smallest absolute Gasteiger partial charge is 0.453 e. The fourth-order valence-corrected chi connectivity index (χ4v) is 2.48. The molecule has 0 radical (unpaired) electrons. The second kappa shape index (κ2) is 8.26. The van der Waals surface area contributed by atoms with Gasteiger partial charge in [-0.25, -0.2) is 9.59 Å². The number of ether oxygens (including phenoxy) is 4. The van der Waals surface area contributed by atoms with Crippen LogP contribution in [0.5, 0.6) is 23.0 Å². The Morgan fingerprint density at radius 3 is 2.14 bits per heavy atom. The summed E-state index contributed by atoms with van der Waals surface area (Å²) in [6, 6.07) is 17.5. The van der Waals surface area contributed by atoms with Crippen molar-refractivity contribution < 1.29 is 28.5 Å². The van der Waals surface area contributed by atoms with E-state index >= 15 is 0 Å². The summed E-state index contributed by atoms with van der Waals surface area (Å²) in [7, 11) is 1.22. The highest BCUT2D eigenvalue weighted by atomic mass is 16.7. The third-order valence-electron chi connectivity index (χ3n) is 3.80. The molecule has 0 atom stereocenters. The highest BCUT2D eigenvalue weighted by Crippen LogP contribution is 2.43. The molecule has 0 heterocycles. The molecule has 0 N–H and O–H groups in total. The molecular formula is C22H18O6. The molecule has 6 heteroatoms. The van der Waals surface area contributed by atoms with E-state index in [0.717, 1.165) is 0 Å².